The van der Waals surface area contributed by atoms with E-state index in [9.17, 15) is 9.90 Å². The molecule has 0 saturated carbocycles. The fourth-order valence-electron chi connectivity index (χ4n) is 3.29. The van der Waals surface area contributed by atoms with E-state index in [-0.39, 0.29) is 24.3 Å². The van der Waals surface area contributed by atoms with Crippen molar-refractivity contribution in [3.05, 3.63) is 23.8 Å². The van der Waals surface area contributed by atoms with Crippen molar-refractivity contribution in [3.63, 3.8) is 0 Å². The molecule has 1 fully saturated rings. The normalized spacial score (nSPS) is 20.5. The molecule has 6 heteroatoms. The first-order chi connectivity index (χ1) is 12.0. The van der Waals surface area contributed by atoms with Crippen molar-refractivity contribution in [1.29, 1.82) is 0 Å². The summed E-state index contributed by atoms with van der Waals surface area (Å²) in [5.74, 6) is 1.41. The van der Waals surface area contributed by atoms with E-state index >= 15 is 0 Å². The average Bonchev–Trinajstić information content (AvgIpc) is 3.02. The second kappa shape index (κ2) is 9.06. The van der Waals surface area contributed by atoms with Crippen LogP contribution in [0.15, 0.2) is 18.2 Å². The van der Waals surface area contributed by atoms with Gasteiger partial charge in [-0.2, -0.15) is 0 Å². The third kappa shape index (κ3) is 4.86. The van der Waals surface area contributed by atoms with Gasteiger partial charge in [0.15, 0.2) is 11.5 Å². The number of benzene rings is 1. The largest absolute Gasteiger partial charge is 0.493 e. The molecule has 2 rings (SSSR count). The first kappa shape index (κ1) is 19.5. The van der Waals surface area contributed by atoms with Gasteiger partial charge < -0.3 is 19.5 Å². The third-order valence-electron chi connectivity index (χ3n) is 4.61. The Bertz CT molecular complexity index is 577. The van der Waals surface area contributed by atoms with Gasteiger partial charge in [0, 0.05) is 46.3 Å². The molecule has 0 spiro atoms. The highest BCUT2D eigenvalue weighted by Gasteiger charge is 2.37. The number of likely N-dealkylation sites (tertiary alicyclic amines) is 1. The first-order valence-electron chi connectivity index (χ1n) is 8.84. The van der Waals surface area contributed by atoms with Crippen molar-refractivity contribution in [3.8, 4) is 11.5 Å². The number of rotatable bonds is 8. The van der Waals surface area contributed by atoms with Gasteiger partial charge >= 0.3 is 0 Å². The Hall–Kier alpha value is -1.79. The molecule has 1 aliphatic rings. The number of carbonyl (C=O) groups excluding carboxylic acids is 1. The van der Waals surface area contributed by atoms with Crippen LogP contribution in [0.25, 0.3) is 0 Å². The van der Waals surface area contributed by atoms with Gasteiger partial charge in [0.25, 0.3) is 0 Å². The van der Waals surface area contributed by atoms with Crippen molar-refractivity contribution in [2.45, 2.75) is 19.9 Å². The molecule has 1 saturated heterocycles. The van der Waals surface area contributed by atoms with E-state index in [1.807, 2.05) is 18.2 Å². The zero-order chi connectivity index (χ0) is 18.4. The minimum absolute atomic E-state index is 0.0102. The molecule has 25 heavy (non-hydrogen) atoms. The molecular weight excluding hydrogens is 320 g/mol. The van der Waals surface area contributed by atoms with Gasteiger partial charge in [-0.15, -0.1) is 0 Å². The van der Waals surface area contributed by atoms with Gasteiger partial charge in [-0.3, -0.25) is 9.69 Å². The van der Waals surface area contributed by atoms with E-state index in [1.54, 1.807) is 26.1 Å². The highest BCUT2D eigenvalue weighted by Crippen LogP contribution is 2.31. The van der Waals surface area contributed by atoms with Gasteiger partial charge in [0.2, 0.25) is 5.91 Å². The SMILES string of the molecule is CCCOc1ccc(CN2C[C@@H](CO)[C@H](C(=O)N(C)C)C2)cc1OC. The van der Waals surface area contributed by atoms with Crippen LogP contribution in [-0.4, -0.2) is 68.3 Å². The first-order valence-corrected chi connectivity index (χ1v) is 8.84. The number of hydrogen-bond donors (Lipinski definition) is 1. The molecule has 0 unspecified atom stereocenters. The molecule has 0 aromatic heterocycles. The predicted octanol–water partition coefficient (Wildman–Crippen LogP) is 1.61. The Labute approximate surface area is 150 Å². The third-order valence-corrected chi connectivity index (χ3v) is 4.61. The molecule has 1 heterocycles. The van der Waals surface area contributed by atoms with E-state index in [4.69, 9.17) is 9.47 Å². The molecule has 1 aliphatic heterocycles. The standard InChI is InChI=1S/C19H30N2O4/c1-5-8-25-17-7-6-14(9-18(17)24-4)10-21-11-15(13-22)16(12-21)19(23)20(2)3/h6-7,9,15-16,22H,5,8,10-13H2,1-4H3/t15-,16+/m0/s1. The van der Waals surface area contributed by atoms with Crippen molar-refractivity contribution < 1.29 is 19.4 Å². The van der Waals surface area contributed by atoms with Crippen LogP contribution in [0, 0.1) is 11.8 Å². The van der Waals surface area contributed by atoms with Crippen molar-refractivity contribution >= 4 is 5.91 Å². The molecule has 140 valence electrons. The van der Waals surface area contributed by atoms with Crippen molar-refractivity contribution in [1.82, 2.24) is 9.80 Å². The molecule has 1 amide bonds. The highest BCUT2D eigenvalue weighted by molar-refractivity contribution is 5.79. The van der Waals surface area contributed by atoms with Crippen LogP contribution in [0.1, 0.15) is 18.9 Å². The number of amides is 1. The number of ether oxygens (including phenoxy) is 2. The summed E-state index contributed by atoms with van der Waals surface area (Å²) in [5.41, 5.74) is 1.11. The molecule has 0 aliphatic carbocycles. The molecule has 1 aromatic carbocycles. The van der Waals surface area contributed by atoms with Crippen LogP contribution in [0.5, 0.6) is 11.5 Å². The predicted molar refractivity (Wildman–Crippen MR) is 96.8 cm³/mol. The van der Waals surface area contributed by atoms with Gasteiger partial charge in [0.05, 0.1) is 19.6 Å². The summed E-state index contributed by atoms with van der Waals surface area (Å²) < 4.78 is 11.1. The lowest BCUT2D eigenvalue weighted by Crippen LogP contribution is -2.35. The fourth-order valence-corrected chi connectivity index (χ4v) is 3.29. The number of nitrogens with zero attached hydrogens (tertiary/aromatic N) is 2. The van der Waals surface area contributed by atoms with Crippen LogP contribution >= 0.6 is 0 Å². The summed E-state index contributed by atoms with van der Waals surface area (Å²) in [6.45, 7) is 4.87. The van der Waals surface area contributed by atoms with Gasteiger partial charge in [-0.05, 0) is 24.1 Å². The maximum absolute atomic E-state index is 12.3. The number of hydrogen-bond acceptors (Lipinski definition) is 5. The van der Waals surface area contributed by atoms with Crippen LogP contribution in [-0.2, 0) is 11.3 Å². The molecule has 0 radical (unpaired) electrons. The van der Waals surface area contributed by atoms with E-state index in [0.717, 1.165) is 36.6 Å². The van der Waals surface area contributed by atoms with Gasteiger partial charge in [-0.25, -0.2) is 0 Å². The summed E-state index contributed by atoms with van der Waals surface area (Å²) in [6.07, 6.45) is 0.947. The Morgan fingerprint density at radius 2 is 2.08 bits per heavy atom. The Morgan fingerprint density at radius 3 is 2.68 bits per heavy atom. The molecule has 1 N–H and O–H groups in total. The summed E-state index contributed by atoms with van der Waals surface area (Å²) in [5, 5.41) is 9.62. The smallest absolute Gasteiger partial charge is 0.226 e. The minimum Gasteiger partial charge on any atom is -0.493 e. The Balaban J connectivity index is 2.05. The molecular formula is C19H30N2O4. The van der Waals surface area contributed by atoms with Gasteiger partial charge in [0.1, 0.15) is 0 Å². The van der Waals surface area contributed by atoms with E-state index in [1.165, 1.54) is 0 Å². The molecule has 6 nitrogen and oxygen atoms in total. The van der Waals surface area contributed by atoms with E-state index in [0.29, 0.717) is 13.2 Å². The monoisotopic (exact) mass is 350 g/mol. The maximum Gasteiger partial charge on any atom is 0.226 e. The van der Waals surface area contributed by atoms with Crippen LogP contribution in [0.2, 0.25) is 0 Å². The van der Waals surface area contributed by atoms with Crippen LogP contribution in [0.3, 0.4) is 0 Å². The Kier molecular flexibility index (Phi) is 7.08. The zero-order valence-electron chi connectivity index (χ0n) is 15.7. The topological polar surface area (TPSA) is 62.2 Å². The number of aliphatic hydroxyl groups excluding tert-OH is 1. The Morgan fingerprint density at radius 1 is 1.32 bits per heavy atom. The fraction of sp³-hybridized carbons (Fsp3) is 0.632. The molecule has 0 bridgehead atoms. The minimum atomic E-state index is -0.144. The lowest BCUT2D eigenvalue weighted by atomic mass is 9.96. The molecule has 1 aromatic rings. The summed E-state index contributed by atoms with van der Waals surface area (Å²) in [6, 6.07) is 5.95. The zero-order valence-corrected chi connectivity index (χ0v) is 15.7. The second-order valence-corrected chi connectivity index (χ2v) is 6.81. The summed E-state index contributed by atoms with van der Waals surface area (Å²) >= 11 is 0. The quantitative estimate of drug-likeness (QED) is 0.772. The summed E-state index contributed by atoms with van der Waals surface area (Å²) in [7, 11) is 5.17. The number of methoxy groups -OCH3 is 1. The second-order valence-electron chi connectivity index (χ2n) is 6.81. The molecule has 2 atom stereocenters. The number of aliphatic hydroxyl groups is 1. The average molecular weight is 350 g/mol. The van der Waals surface area contributed by atoms with E-state index < -0.39 is 0 Å². The maximum atomic E-state index is 12.3. The van der Waals surface area contributed by atoms with Crippen LogP contribution < -0.4 is 9.47 Å². The lowest BCUT2D eigenvalue weighted by Gasteiger charge is -2.20. The van der Waals surface area contributed by atoms with Crippen LogP contribution in [0.4, 0.5) is 0 Å². The van der Waals surface area contributed by atoms with Crippen molar-refractivity contribution in [2.75, 3.05) is 47.5 Å². The van der Waals surface area contributed by atoms with Crippen molar-refractivity contribution in [2.24, 2.45) is 11.8 Å². The van der Waals surface area contributed by atoms with E-state index in [2.05, 4.69) is 11.8 Å². The summed E-state index contributed by atoms with van der Waals surface area (Å²) in [4.78, 5) is 16.1. The number of carbonyl (C=O) groups is 1. The van der Waals surface area contributed by atoms with Gasteiger partial charge in [-0.1, -0.05) is 13.0 Å². The highest BCUT2D eigenvalue weighted by atomic mass is 16.5. The lowest BCUT2D eigenvalue weighted by molar-refractivity contribution is -0.134.